The summed E-state index contributed by atoms with van der Waals surface area (Å²) < 4.78 is 6.94. The van der Waals surface area contributed by atoms with Crippen molar-refractivity contribution in [2.75, 3.05) is 13.1 Å². The van der Waals surface area contributed by atoms with Gasteiger partial charge in [-0.05, 0) is 55.1 Å². The third kappa shape index (κ3) is 3.40. The van der Waals surface area contributed by atoms with Gasteiger partial charge in [0.1, 0.15) is 5.58 Å². The summed E-state index contributed by atoms with van der Waals surface area (Å²) in [6.07, 6.45) is 4.10. The quantitative estimate of drug-likeness (QED) is 0.768. The molecule has 104 valence electrons. The molecule has 1 aromatic heterocycles. The fourth-order valence-electron chi connectivity index (χ4n) is 2.33. The van der Waals surface area contributed by atoms with Gasteiger partial charge in [-0.3, -0.25) is 0 Å². The molecule has 0 spiro atoms. The van der Waals surface area contributed by atoms with Crippen LogP contribution >= 0.6 is 15.9 Å². The maximum Gasteiger partial charge on any atom is 0.137 e. The highest BCUT2D eigenvalue weighted by Gasteiger charge is 2.13. The molecule has 0 fully saturated rings. The number of halogens is 1. The Kier molecular flexibility index (Phi) is 5.06. The maximum atomic E-state index is 5.80. The summed E-state index contributed by atoms with van der Waals surface area (Å²) in [6.45, 7) is 8.67. The molecule has 0 atom stereocenters. The molecule has 0 aliphatic heterocycles. The van der Waals surface area contributed by atoms with Crippen LogP contribution in [0.5, 0.6) is 0 Å². The Labute approximate surface area is 123 Å². The molecule has 0 saturated carbocycles. The Morgan fingerprint density at radius 2 is 2.05 bits per heavy atom. The average molecular weight is 324 g/mol. The molecule has 0 radical (unpaired) electrons. The monoisotopic (exact) mass is 323 g/mol. The molecule has 0 bridgehead atoms. The molecule has 2 nitrogen and oxygen atoms in total. The van der Waals surface area contributed by atoms with Crippen molar-refractivity contribution >= 4 is 26.9 Å². The number of furan rings is 1. The van der Waals surface area contributed by atoms with Crippen LogP contribution in [-0.4, -0.2) is 13.1 Å². The molecule has 0 unspecified atom stereocenters. The Morgan fingerprint density at radius 1 is 1.26 bits per heavy atom. The highest BCUT2D eigenvalue weighted by atomic mass is 79.9. The van der Waals surface area contributed by atoms with Crippen LogP contribution in [0.15, 0.2) is 27.3 Å². The second kappa shape index (κ2) is 6.58. The largest absolute Gasteiger partial charge is 0.464 e. The smallest absolute Gasteiger partial charge is 0.137 e. The standard InChI is InChI=1S/C16H22BrNO/c1-4-6-18-7-5-12-10-19-16-14(11(2)3)8-13(17)9-15(12)16/h8-11,18H,4-7H2,1-3H3. The zero-order valence-corrected chi connectivity index (χ0v) is 13.5. The molecule has 0 aliphatic rings. The molecule has 0 amide bonds. The first-order valence-electron chi connectivity index (χ1n) is 7.03. The molecule has 3 heteroatoms. The van der Waals surface area contributed by atoms with Gasteiger partial charge in [-0.15, -0.1) is 0 Å². The minimum atomic E-state index is 0.470. The van der Waals surface area contributed by atoms with E-state index in [2.05, 4.69) is 54.2 Å². The molecular formula is C16H22BrNO. The average Bonchev–Trinajstić information content (AvgIpc) is 2.76. The van der Waals surface area contributed by atoms with Crippen molar-refractivity contribution in [3.05, 3.63) is 34.0 Å². The van der Waals surface area contributed by atoms with Gasteiger partial charge in [-0.1, -0.05) is 36.7 Å². The van der Waals surface area contributed by atoms with Crippen LogP contribution in [0.4, 0.5) is 0 Å². The molecule has 0 saturated heterocycles. The molecule has 2 rings (SSSR count). The van der Waals surface area contributed by atoms with Crippen LogP contribution in [0.3, 0.4) is 0 Å². The first-order chi connectivity index (χ1) is 9.13. The van der Waals surface area contributed by atoms with Crippen LogP contribution in [0.1, 0.15) is 44.2 Å². The predicted molar refractivity (Wildman–Crippen MR) is 84.9 cm³/mol. The minimum absolute atomic E-state index is 0.470. The van der Waals surface area contributed by atoms with Gasteiger partial charge in [0.15, 0.2) is 0 Å². The van der Waals surface area contributed by atoms with Gasteiger partial charge in [-0.2, -0.15) is 0 Å². The van der Waals surface area contributed by atoms with Crippen molar-refractivity contribution in [2.24, 2.45) is 0 Å². The molecule has 19 heavy (non-hydrogen) atoms. The van der Waals surface area contributed by atoms with Crippen molar-refractivity contribution in [2.45, 2.75) is 39.5 Å². The number of hydrogen-bond acceptors (Lipinski definition) is 2. The zero-order chi connectivity index (χ0) is 13.8. The SMILES string of the molecule is CCCNCCc1coc2c(C(C)C)cc(Br)cc12. The first-order valence-corrected chi connectivity index (χ1v) is 7.83. The summed E-state index contributed by atoms with van der Waals surface area (Å²) in [5.74, 6) is 0.470. The van der Waals surface area contributed by atoms with Crippen LogP contribution in [0.2, 0.25) is 0 Å². The lowest BCUT2D eigenvalue weighted by atomic mass is 9.99. The van der Waals surface area contributed by atoms with Gasteiger partial charge in [0.25, 0.3) is 0 Å². The fraction of sp³-hybridized carbons (Fsp3) is 0.500. The van der Waals surface area contributed by atoms with Crippen molar-refractivity contribution in [1.82, 2.24) is 5.32 Å². The van der Waals surface area contributed by atoms with E-state index >= 15 is 0 Å². The number of hydrogen-bond donors (Lipinski definition) is 1. The lowest BCUT2D eigenvalue weighted by Crippen LogP contribution is -2.17. The lowest BCUT2D eigenvalue weighted by Gasteiger charge is -2.07. The van der Waals surface area contributed by atoms with Gasteiger partial charge in [-0.25, -0.2) is 0 Å². The van der Waals surface area contributed by atoms with E-state index in [0.717, 1.165) is 29.6 Å². The topological polar surface area (TPSA) is 25.2 Å². The van der Waals surface area contributed by atoms with Gasteiger partial charge >= 0.3 is 0 Å². The Bertz CT molecular complexity index is 545. The summed E-state index contributed by atoms with van der Waals surface area (Å²) in [6, 6.07) is 4.33. The van der Waals surface area contributed by atoms with Gasteiger partial charge in [0.2, 0.25) is 0 Å². The number of rotatable bonds is 6. The van der Waals surface area contributed by atoms with Crippen molar-refractivity contribution < 1.29 is 4.42 Å². The first kappa shape index (κ1) is 14.6. The summed E-state index contributed by atoms with van der Waals surface area (Å²) in [7, 11) is 0. The second-order valence-electron chi connectivity index (χ2n) is 5.29. The van der Waals surface area contributed by atoms with Crippen LogP contribution in [0.25, 0.3) is 11.0 Å². The van der Waals surface area contributed by atoms with Crippen molar-refractivity contribution in [3.63, 3.8) is 0 Å². The summed E-state index contributed by atoms with van der Waals surface area (Å²) in [4.78, 5) is 0. The number of benzene rings is 1. The summed E-state index contributed by atoms with van der Waals surface area (Å²) in [5.41, 5.74) is 3.61. The van der Waals surface area contributed by atoms with E-state index in [1.165, 1.54) is 22.9 Å². The molecule has 2 aromatic rings. The third-order valence-electron chi connectivity index (χ3n) is 3.37. The molecule has 0 aliphatic carbocycles. The van der Waals surface area contributed by atoms with E-state index in [0.29, 0.717) is 5.92 Å². The number of fused-ring (bicyclic) bond motifs is 1. The van der Waals surface area contributed by atoms with Gasteiger partial charge in [0.05, 0.1) is 6.26 Å². The Balaban J connectivity index is 2.26. The fourth-order valence-corrected chi connectivity index (χ4v) is 2.80. The predicted octanol–water partition coefficient (Wildman–Crippen LogP) is 4.86. The highest BCUT2D eigenvalue weighted by Crippen LogP contribution is 2.32. The minimum Gasteiger partial charge on any atom is -0.464 e. The normalized spacial score (nSPS) is 11.6. The van der Waals surface area contributed by atoms with Crippen molar-refractivity contribution in [3.8, 4) is 0 Å². The maximum absolute atomic E-state index is 5.80. The lowest BCUT2D eigenvalue weighted by molar-refractivity contribution is 0.598. The van der Waals surface area contributed by atoms with E-state index in [1.54, 1.807) is 0 Å². The van der Waals surface area contributed by atoms with Crippen LogP contribution in [0, 0.1) is 0 Å². The molecule has 1 aromatic carbocycles. The highest BCUT2D eigenvalue weighted by molar-refractivity contribution is 9.10. The van der Waals surface area contributed by atoms with E-state index < -0.39 is 0 Å². The summed E-state index contributed by atoms with van der Waals surface area (Å²) >= 11 is 3.61. The number of nitrogens with one attached hydrogen (secondary N) is 1. The van der Waals surface area contributed by atoms with Gasteiger partial charge < -0.3 is 9.73 Å². The van der Waals surface area contributed by atoms with E-state index in [-0.39, 0.29) is 0 Å². The molecule has 1 heterocycles. The van der Waals surface area contributed by atoms with Gasteiger partial charge in [0, 0.05) is 9.86 Å². The van der Waals surface area contributed by atoms with E-state index in [4.69, 9.17) is 4.42 Å². The Morgan fingerprint density at radius 3 is 2.74 bits per heavy atom. The molecule has 1 N–H and O–H groups in total. The Hall–Kier alpha value is -0.800. The zero-order valence-electron chi connectivity index (χ0n) is 11.9. The summed E-state index contributed by atoms with van der Waals surface area (Å²) in [5, 5.41) is 4.68. The second-order valence-corrected chi connectivity index (χ2v) is 6.20. The van der Waals surface area contributed by atoms with E-state index in [1.807, 2.05) is 6.26 Å². The van der Waals surface area contributed by atoms with E-state index in [9.17, 15) is 0 Å². The molecular weight excluding hydrogens is 302 g/mol. The van der Waals surface area contributed by atoms with Crippen LogP contribution in [-0.2, 0) is 6.42 Å². The van der Waals surface area contributed by atoms with Crippen molar-refractivity contribution in [1.29, 1.82) is 0 Å². The third-order valence-corrected chi connectivity index (χ3v) is 3.83. The van der Waals surface area contributed by atoms with Crippen LogP contribution < -0.4 is 5.32 Å².